The molecule has 0 saturated carbocycles. The number of hydrogen-bond donors (Lipinski definition) is 1. The first-order valence-corrected chi connectivity index (χ1v) is 10.9. The molecule has 0 aliphatic carbocycles. The Balaban J connectivity index is 1.30. The van der Waals surface area contributed by atoms with Crippen LogP contribution in [0, 0.1) is 0 Å². The van der Waals surface area contributed by atoms with Crippen LogP contribution in [-0.2, 0) is 0 Å². The Morgan fingerprint density at radius 3 is 2.57 bits per heavy atom. The molecule has 2 aliphatic heterocycles. The Morgan fingerprint density at radius 2 is 1.83 bits per heavy atom. The minimum Gasteiger partial charge on any atom is -0.363 e. The number of fused-ring (bicyclic) bond motifs is 2. The van der Waals surface area contributed by atoms with Crippen LogP contribution in [0.5, 0.6) is 0 Å². The normalized spacial score (nSPS) is 22.1. The smallest absolute Gasteiger partial charge is 0.151 e. The third-order valence-corrected chi connectivity index (χ3v) is 6.49. The van der Waals surface area contributed by atoms with Gasteiger partial charge in [-0.05, 0) is 38.8 Å². The molecule has 0 spiro atoms. The zero-order chi connectivity index (χ0) is 20.7. The molecule has 6 heteroatoms. The fourth-order valence-corrected chi connectivity index (χ4v) is 4.91. The van der Waals surface area contributed by atoms with Crippen LogP contribution in [0.2, 0.25) is 0 Å². The van der Waals surface area contributed by atoms with E-state index in [0.29, 0.717) is 18.1 Å². The molecule has 6 nitrogen and oxygen atoms in total. The van der Waals surface area contributed by atoms with Crippen LogP contribution in [0.1, 0.15) is 38.8 Å². The molecule has 156 valence electrons. The second-order valence-electron chi connectivity index (χ2n) is 8.78. The van der Waals surface area contributed by atoms with Crippen LogP contribution in [0.4, 0.5) is 11.6 Å². The number of nitrogens with one attached hydrogen (secondary N) is 1. The van der Waals surface area contributed by atoms with Crippen molar-refractivity contribution in [1.82, 2.24) is 19.7 Å². The van der Waals surface area contributed by atoms with Gasteiger partial charge in [-0.2, -0.15) is 5.10 Å². The van der Waals surface area contributed by atoms with E-state index in [-0.39, 0.29) is 6.04 Å². The molecule has 4 heterocycles. The number of likely N-dealkylation sites (tertiary alicyclic amines) is 1. The third-order valence-electron chi connectivity index (χ3n) is 6.49. The monoisotopic (exact) mass is 402 g/mol. The lowest BCUT2D eigenvalue weighted by Crippen LogP contribution is -2.49. The van der Waals surface area contributed by atoms with Crippen molar-refractivity contribution in [3.8, 4) is 5.69 Å². The lowest BCUT2D eigenvalue weighted by Gasteiger charge is -2.36. The van der Waals surface area contributed by atoms with Crippen LogP contribution in [0.15, 0.2) is 60.9 Å². The number of rotatable bonds is 6. The molecule has 0 amide bonds. The molecule has 0 radical (unpaired) electrons. The maximum absolute atomic E-state index is 4.90. The first kappa shape index (κ1) is 19.1. The van der Waals surface area contributed by atoms with E-state index in [2.05, 4.69) is 83.5 Å². The first-order chi connectivity index (χ1) is 14.6. The third kappa shape index (κ3) is 3.56. The van der Waals surface area contributed by atoms with E-state index < -0.39 is 0 Å². The SMILES string of the molecule is CC(C)N1CC2CC1CN2c1ccn(-c2ccnc(N[C@@H](C)c3ccccc3)c2)n1. The fraction of sp³-hybridized carbons (Fsp3) is 0.417. The molecule has 30 heavy (non-hydrogen) atoms. The maximum atomic E-state index is 4.90. The van der Waals surface area contributed by atoms with Gasteiger partial charge in [0.05, 0.1) is 5.69 Å². The van der Waals surface area contributed by atoms with Crippen molar-refractivity contribution in [2.24, 2.45) is 0 Å². The highest BCUT2D eigenvalue weighted by Crippen LogP contribution is 2.35. The Morgan fingerprint density at radius 1 is 1.00 bits per heavy atom. The Kier molecular flexibility index (Phi) is 4.95. The van der Waals surface area contributed by atoms with Gasteiger partial charge >= 0.3 is 0 Å². The molecule has 3 aromatic rings. The summed E-state index contributed by atoms with van der Waals surface area (Å²) < 4.78 is 1.96. The average molecular weight is 403 g/mol. The van der Waals surface area contributed by atoms with E-state index in [4.69, 9.17) is 5.10 Å². The second kappa shape index (κ2) is 7.76. The van der Waals surface area contributed by atoms with Crippen molar-refractivity contribution in [3.63, 3.8) is 0 Å². The van der Waals surface area contributed by atoms with E-state index in [1.807, 2.05) is 23.0 Å². The maximum Gasteiger partial charge on any atom is 0.151 e. The number of benzene rings is 1. The molecule has 2 aliphatic rings. The van der Waals surface area contributed by atoms with E-state index >= 15 is 0 Å². The molecule has 3 atom stereocenters. The Labute approximate surface area is 178 Å². The summed E-state index contributed by atoms with van der Waals surface area (Å²) in [5.41, 5.74) is 2.26. The average Bonchev–Trinajstić information content (AvgIpc) is 3.50. The molecular formula is C24H30N6. The molecule has 5 rings (SSSR count). The van der Waals surface area contributed by atoms with Gasteiger partial charge in [-0.25, -0.2) is 9.67 Å². The molecule has 2 aromatic heterocycles. The van der Waals surface area contributed by atoms with Crippen LogP contribution in [-0.4, -0.2) is 50.9 Å². The largest absolute Gasteiger partial charge is 0.363 e. The number of pyridine rings is 1. The molecule has 2 fully saturated rings. The van der Waals surface area contributed by atoms with Crippen LogP contribution in [0.3, 0.4) is 0 Å². The number of nitrogens with zero attached hydrogens (tertiary/aromatic N) is 5. The number of piperazine rings is 1. The Hall–Kier alpha value is -2.86. The van der Waals surface area contributed by atoms with Gasteiger partial charge in [-0.1, -0.05) is 30.3 Å². The minimum atomic E-state index is 0.186. The number of aromatic nitrogens is 3. The van der Waals surface area contributed by atoms with Gasteiger partial charge in [0.15, 0.2) is 5.82 Å². The van der Waals surface area contributed by atoms with E-state index in [0.717, 1.165) is 30.4 Å². The van der Waals surface area contributed by atoms with Crippen molar-refractivity contribution in [1.29, 1.82) is 0 Å². The summed E-state index contributed by atoms with van der Waals surface area (Å²) in [7, 11) is 0. The number of anilines is 2. The summed E-state index contributed by atoms with van der Waals surface area (Å²) in [5, 5.41) is 8.40. The van der Waals surface area contributed by atoms with Gasteiger partial charge in [0.2, 0.25) is 0 Å². The van der Waals surface area contributed by atoms with Crippen molar-refractivity contribution in [3.05, 3.63) is 66.5 Å². The highest BCUT2D eigenvalue weighted by atomic mass is 15.4. The van der Waals surface area contributed by atoms with Gasteiger partial charge in [-0.15, -0.1) is 0 Å². The summed E-state index contributed by atoms with van der Waals surface area (Å²) in [6.07, 6.45) is 5.15. The molecular weight excluding hydrogens is 372 g/mol. The van der Waals surface area contributed by atoms with Gasteiger partial charge in [0, 0.05) is 61.8 Å². The minimum absolute atomic E-state index is 0.186. The van der Waals surface area contributed by atoms with Gasteiger partial charge in [0.25, 0.3) is 0 Å². The molecule has 1 N–H and O–H groups in total. The predicted molar refractivity (Wildman–Crippen MR) is 121 cm³/mol. The fourth-order valence-electron chi connectivity index (χ4n) is 4.91. The van der Waals surface area contributed by atoms with Crippen molar-refractivity contribution in [2.45, 2.75) is 51.4 Å². The highest BCUT2D eigenvalue weighted by Gasteiger charge is 2.44. The zero-order valence-electron chi connectivity index (χ0n) is 17.9. The quantitative estimate of drug-likeness (QED) is 0.672. The molecule has 2 unspecified atom stereocenters. The summed E-state index contributed by atoms with van der Waals surface area (Å²) in [6.45, 7) is 8.98. The lowest BCUT2D eigenvalue weighted by molar-refractivity contribution is 0.191. The van der Waals surface area contributed by atoms with Crippen LogP contribution >= 0.6 is 0 Å². The predicted octanol–water partition coefficient (Wildman–Crippen LogP) is 4.11. The van der Waals surface area contributed by atoms with Gasteiger partial charge in [0.1, 0.15) is 5.82 Å². The molecule has 1 aromatic carbocycles. The van der Waals surface area contributed by atoms with E-state index in [9.17, 15) is 0 Å². The van der Waals surface area contributed by atoms with Crippen molar-refractivity contribution in [2.75, 3.05) is 23.3 Å². The summed E-state index contributed by atoms with van der Waals surface area (Å²) >= 11 is 0. The first-order valence-electron chi connectivity index (χ1n) is 10.9. The van der Waals surface area contributed by atoms with Crippen molar-refractivity contribution < 1.29 is 0 Å². The van der Waals surface area contributed by atoms with Gasteiger partial charge in [-0.3, -0.25) is 4.90 Å². The topological polar surface area (TPSA) is 49.2 Å². The highest BCUT2D eigenvalue weighted by molar-refractivity contribution is 5.49. The summed E-state index contributed by atoms with van der Waals surface area (Å²) in [5.74, 6) is 1.93. The van der Waals surface area contributed by atoms with Gasteiger partial charge < -0.3 is 10.2 Å². The Bertz CT molecular complexity index is 998. The lowest BCUT2D eigenvalue weighted by atomic mass is 10.1. The van der Waals surface area contributed by atoms with E-state index in [1.54, 1.807) is 0 Å². The molecule has 2 saturated heterocycles. The summed E-state index contributed by atoms with van der Waals surface area (Å²) in [6, 6.07) is 18.7. The van der Waals surface area contributed by atoms with E-state index in [1.165, 1.54) is 12.0 Å². The number of hydrogen-bond acceptors (Lipinski definition) is 5. The van der Waals surface area contributed by atoms with Crippen LogP contribution < -0.4 is 10.2 Å². The second-order valence-corrected chi connectivity index (χ2v) is 8.78. The van der Waals surface area contributed by atoms with Crippen molar-refractivity contribution >= 4 is 11.6 Å². The molecule has 2 bridgehead atoms. The standard InChI is InChI=1S/C24H30N6/c1-17(2)28-15-22-13-21(28)16-29(22)24-10-12-30(27-24)20-9-11-25-23(14-20)26-18(3)19-7-5-4-6-8-19/h4-12,14,17-18,21-22H,13,15-16H2,1-3H3,(H,25,26)/t18-,21?,22?/m0/s1. The summed E-state index contributed by atoms with van der Waals surface area (Å²) in [4.78, 5) is 9.62. The van der Waals surface area contributed by atoms with Crippen LogP contribution in [0.25, 0.3) is 5.69 Å². The zero-order valence-corrected chi connectivity index (χ0v) is 17.9.